The quantitative estimate of drug-likeness (QED) is 0.913. The third-order valence-electron chi connectivity index (χ3n) is 2.98. The van der Waals surface area contributed by atoms with Crippen molar-refractivity contribution in [1.29, 1.82) is 0 Å². The lowest BCUT2D eigenvalue weighted by Gasteiger charge is -2.35. The van der Waals surface area contributed by atoms with E-state index in [-0.39, 0.29) is 5.92 Å². The molecule has 1 fully saturated rings. The molecule has 1 aliphatic heterocycles. The van der Waals surface area contributed by atoms with E-state index >= 15 is 0 Å². The molecule has 0 radical (unpaired) electrons. The zero-order valence-corrected chi connectivity index (χ0v) is 10.4. The summed E-state index contributed by atoms with van der Waals surface area (Å²) in [6, 6.07) is 3.72. The van der Waals surface area contributed by atoms with Gasteiger partial charge in [-0.2, -0.15) is 0 Å². The molecule has 0 spiro atoms. The maximum atomic E-state index is 10.7. The molecule has 0 aliphatic carbocycles. The van der Waals surface area contributed by atoms with Crippen LogP contribution in [0.2, 0.25) is 0 Å². The van der Waals surface area contributed by atoms with E-state index in [4.69, 9.17) is 9.52 Å². The van der Waals surface area contributed by atoms with Crippen molar-refractivity contribution in [2.24, 2.45) is 5.92 Å². The zero-order chi connectivity index (χ0) is 12.5. The summed E-state index contributed by atoms with van der Waals surface area (Å²) in [5.41, 5.74) is 0.968. The van der Waals surface area contributed by atoms with Gasteiger partial charge in [0.05, 0.1) is 17.9 Å². The second-order valence-corrected chi connectivity index (χ2v) is 5.21. The van der Waals surface area contributed by atoms with Crippen molar-refractivity contribution in [3.8, 4) is 10.8 Å². The van der Waals surface area contributed by atoms with Crippen LogP contribution in [0.5, 0.6) is 0 Å². The number of carboxylic acids is 1. The first-order valence-electron chi connectivity index (χ1n) is 5.66. The van der Waals surface area contributed by atoms with Crippen molar-refractivity contribution in [3.63, 3.8) is 0 Å². The fourth-order valence-electron chi connectivity index (χ4n) is 1.98. The monoisotopic (exact) mass is 264 g/mol. The van der Waals surface area contributed by atoms with E-state index in [0.29, 0.717) is 19.6 Å². The van der Waals surface area contributed by atoms with E-state index in [2.05, 4.69) is 9.88 Å². The second kappa shape index (κ2) is 4.55. The molecular formula is C12H12N2O3S. The smallest absolute Gasteiger partial charge is 0.309 e. The highest BCUT2D eigenvalue weighted by Crippen LogP contribution is 2.26. The Morgan fingerprint density at radius 1 is 1.61 bits per heavy atom. The molecule has 0 aromatic carbocycles. The minimum Gasteiger partial charge on any atom is -0.481 e. The summed E-state index contributed by atoms with van der Waals surface area (Å²) in [4.78, 5) is 17.2. The maximum absolute atomic E-state index is 10.7. The van der Waals surface area contributed by atoms with Gasteiger partial charge in [0.2, 0.25) is 0 Å². The molecule has 18 heavy (non-hydrogen) atoms. The normalized spacial score (nSPS) is 16.7. The Balaban J connectivity index is 1.60. The molecule has 0 amide bonds. The summed E-state index contributed by atoms with van der Waals surface area (Å²) in [5, 5.41) is 11.7. The van der Waals surface area contributed by atoms with Crippen LogP contribution in [0.4, 0.5) is 0 Å². The number of thiazole rings is 1. The Kier molecular flexibility index (Phi) is 2.89. The van der Waals surface area contributed by atoms with E-state index in [1.165, 1.54) is 0 Å². The van der Waals surface area contributed by atoms with Gasteiger partial charge in [-0.05, 0) is 12.1 Å². The van der Waals surface area contributed by atoms with Crippen LogP contribution in [0.1, 0.15) is 5.69 Å². The van der Waals surface area contributed by atoms with Crippen LogP contribution in [0.15, 0.2) is 28.2 Å². The highest BCUT2D eigenvalue weighted by atomic mass is 32.1. The van der Waals surface area contributed by atoms with Crippen LogP contribution in [0, 0.1) is 5.92 Å². The van der Waals surface area contributed by atoms with Gasteiger partial charge in [-0.25, -0.2) is 4.98 Å². The summed E-state index contributed by atoms with van der Waals surface area (Å²) < 4.78 is 5.28. The van der Waals surface area contributed by atoms with Gasteiger partial charge < -0.3 is 9.52 Å². The molecule has 0 atom stereocenters. The number of rotatable bonds is 4. The molecule has 94 valence electrons. The first-order chi connectivity index (χ1) is 8.72. The molecule has 5 nitrogen and oxygen atoms in total. The van der Waals surface area contributed by atoms with Crippen molar-refractivity contribution < 1.29 is 14.3 Å². The highest BCUT2D eigenvalue weighted by Gasteiger charge is 2.32. The summed E-state index contributed by atoms with van der Waals surface area (Å²) in [6.07, 6.45) is 1.63. The number of carboxylic acid groups (broad SMARTS) is 1. The number of hydrogen-bond donors (Lipinski definition) is 1. The fourth-order valence-corrected chi connectivity index (χ4v) is 2.75. The van der Waals surface area contributed by atoms with E-state index < -0.39 is 5.97 Å². The zero-order valence-electron chi connectivity index (χ0n) is 9.57. The van der Waals surface area contributed by atoms with Crippen LogP contribution < -0.4 is 0 Å². The third kappa shape index (κ3) is 2.16. The van der Waals surface area contributed by atoms with Gasteiger partial charge in [-0.15, -0.1) is 11.3 Å². The Hall–Kier alpha value is -1.66. The molecule has 3 heterocycles. The van der Waals surface area contributed by atoms with Gasteiger partial charge in [-0.3, -0.25) is 9.69 Å². The number of carbonyl (C=O) groups is 1. The van der Waals surface area contributed by atoms with Crippen molar-refractivity contribution in [2.45, 2.75) is 6.54 Å². The van der Waals surface area contributed by atoms with Crippen LogP contribution in [0.25, 0.3) is 10.8 Å². The number of likely N-dealkylation sites (tertiary alicyclic amines) is 1. The lowest BCUT2D eigenvalue weighted by molar-refractivity contribution is -0.147. The number of aliphatic carboxylic acids is 1. The second-order valence-electron chi connectivity index (χ2n) is 4.35. The molecule has 6 heteroatoms. The van der Waals surface area contributed by atoms with E-state index in [0.717, 1.165) is 16.5 Å². The topological polar surface area (TPSA) is 66.6 Å². The molecule has 3 rings (SSSR count). The van der Waals surface area contributed by atoms with Crippen molar-refractivity contribution >= 4 is 17.3 Å². The molecular weight excluding hydrogens is 252 g/mol. The Labute approximate surface area is 108 Å². The number of furan rings is 1. The van der Waals surface area contributed by atoms with Gasteiger partial charge >= 0.3 is 5.97 Å². The fraction of sp³-hybridized carbons (Fsp3) is 0.333. The van der Waals surface area contributed by atoms with Crippen LogP contribution in [0.3, 0.4) is 0 Å². The highest BCUT2D eigenvalue weighted by molar-refractivity contribution is 7.13. The van der Waals surface area contributed by atoms with E-state index in [9.17, 15) is 4.79 Å². The third-order valence-corrected chi connectivity index (χ3v) is 3.88. The van der Waals surface area contributed by atoms with Gasteiger partial charge in [0, 0.05) is 25.0 Å². The molecule has 0 saturated carbocycles. The van der Waals surface area contributed by atoms with E-state index in [1.807, 2.05) is 17.5 Å². The summed E-state index contributed by atoms with van der Waals surface area (Å²) in [6.45, 7) is 1.94. The van der Waals surface area contributed by atoms with Crippen molar-refractivity contribution in [1.82, 2.24) is 9.88 Å². The minimum atomic E-state index is -0.708. The number of hydrogen-bond acceptors (Lipinski definition) is 5. The largest absolute Gasteiger partial charge is 0.481 e. The van der Waals surface area contributed by atoms with Crippen molar-refractivity contribution in [3.05, 3.63) is 29.5 Å². The first kappa shape index (κ1) is 11.4. The lowest BCUT2D eigenvalue weighted by atomic mass is 10.0. The predicted molar refractivity (Wildman–Crippen MR) is 66.2 cm³/mol. The van der Waals surface area contributed by atoms with Crippen LogP contribution in [-0.4, -0.2) is 34.0 Å². The molecule has 2 aromatic heterocycles. The number of nitrogens with zero attached hydrogens (tertiary/aromatic N) is 2. The number of aromatic nitrogens is 1. The average molecular weight is 264 g/mol. The van der Waals surface area contributed by atoms with Crippen molar-refractivity contribution in [2.75, 3.05) is 13.1 Å². The Morgan fingerprint density at radius 3 is 3.11 bits per heavy atom. The Morgan fingerprint density at radius 2 is 2.44 bits per heavy atom. The van der Waals surface area contributed by atoms with Gasteiger partial charge in [-0.1, -0.05) is 0 Å². The van der Waals surface area contributed by atoms with Crippen LogP contribution >= 0.6 is 11.3 Å². The Bertz CT molecular complexity index is 543. The molecule has 1 saturated heterocycles. The van der Waals surface area contributed by atoms with Crippen LogP contribution in [-0.2, 0) is 11.3 Å². The maximum Gasteiger partial charge on any atom is 0.309 e. The summed E-state index contributed by atoms with van der Waals surface area (Å²) in [7, 11) is 0. The average Bonchev–Trinajstić information content (AvgIpc) is 2.92. The standard InChI is InChI=1S/C12H12N2O3S/c15-12(16)8-4-14(5-8)6-9-7-18-11(13-9)10-2-1-3-17-10/h1-3,7-8H,4-6H2,(H,15,16). The predicted octanol–water partition coefficient (Wildman–Crippen LogP) is 1.92. The SMILES string of the molecule is O=C(O)C1CN(Cc2csc(-c3ccco3)n2)C1. The van der Waals surface area contributed by atoms with Gasteiger partial charge in [0.15, 0.2) is 10.8 Å². The molecule has 2 aromatic rings. The molecule has 1 aliphatic rings. The summed E-state index contributed by atoms with van der Waals surface area (Å²) in [5.74, 6) is -0.146. The van der Waals surface area contributed by atoms with Gasteiger partial charge in [0.1, 0.15) is 0 Å². The van der Waals surface area contributed by atoms with E-state index in [1.54, 1.807) is 17.6 Å². The van der Waals surface area contributed by atoms with Gasteiger partial charge in [0.25, 0.3) is 0 Å². The molecule has 1 N–H and O–H groups in total. The minimum absolute atomic E-state index is 0.215. The first-order valence-corrected chi connectivity index (χ1v) is 6.54. The summed E-state index contributed by atoms with van der Waals surface area (Å²) >= 11 is 1.54. The molecule has 0 bridgehead atoms. The molecule has 0 unspecified atom stereocenters. The lowest BCUT2D eigenvalue weighted by Crippen LogP contribution is -2.49.